The van der Waals surface area contributed by atoms with E-state index in [4.69, 9.17) is 0 Å². The van der Waals surface area contributed by atoms with Gasteiger partial charge >= 0.3 is 0 Å². The zero-order valence-corrected chi connectivity index (χ0v) is 10.8. The highest BCUT2D eigenvalue weighted by Crippen LogP contribution is 2.18. The third-order valence-electron chi connectivity index (χ3n) is 2.80. The van der Waals surface area contributed by atoms with Crippen molar-refractivity contribution in [2.45, 2.75) is 0 Å². The molecular formula is C13H5BF7O. The molecule has 0 atom stereocenters. The molecule has 0 amide bonds. The molecule has 2 rings (SSSR count). The second-order valence-corrected chi connectivity index (χ2v) is 4.13. The molecule has 1 nitrogen and oxygen atoms in total. The van der Waals surface area contributed by atoms with Crippen LogP contribution < -0.4 is 15.7 Å². The van der Waals surface area contributed by atoms with Gasteiger partial charge in [0.1, 0.15) is 0 Å². The molecule has 0 aromatic heterocycles. The molecule has 115 valence electrons. The van der Waals surface area contributed by atoms with Crippen molar-refractivity contribution in [3.05, 3.63) is 52.9 Å². The van der Waals surface area contributed by atoms with E-state index in [9.17, 15) is 30.7 Å². The summed E-state index contributed by atoms with van der Waals surface area (Å²) in [6.07, 6.45) is 0. The topological polar surface area (TPSA) is 9.23 Å². The molecule has 9 heteroatoms. The van der Waals surface area contributed by atoms with Crippen molar-refractivity contribution in [1.29, 1.82) is 0 Å². The van der Waals surface area contributed by atoms with Gasteiger partial charge in [-0.15, -0.1) is 0 Å². The smallest absolute Gasteiger partial charge is 0.208 e. The van der Waals surface area contributed by atoms with Crippen molar-refractivity contribution in [2.75, 3.05) is 7.11 Å². The van der Waals surface area contributed by atoms with Crippen LogP contribution in [0.25, 0.3) is 0 Å². The van der Waals surface area contributed by atoms with E-state index in [1.54, 1.807) is 0 Å². The maximum Gasteiger partial charge on any atom is 0.208 e. The van der Waals surface area contributed by atoms with Crippen LogP contribution in [0.15, 0.2) is 12.1 Å². The number of ether oxygens (including phenoxy) is 1. The van der Waals surface area contributed by atoms with Crippen LogP contribution in [0.3, 0.4) is 0 Å². The van der Waals surface area contributed by atoms with Crippen molar-refractivity contribution < 1.29 is 35.5 Å². The van der Waals surface area contributed by atoms with Crippen LogP contribution in [0.4, 0.5) is 30.7 Å². The number of halogens is 7. The predicted molar refractivity (Wildman–Crippen MR) is 64.2 cm³/mol. The molecule has 22 heavy (non-hydrogen) atoms. The summed E-state index contributed by atoms with van der Waals surface area (Å²) in [5.74, 6) is -12.8. The Bertz CT molecular complexity index is 722. The Labute approximate surface area is 120 Å². The zero-order valence-electron chi connectivity index (χ0n) is 10.8. The molecule has 0 spiro atoms. The Morgan fingerprint density at radius 2 is 1.09 bits per heavy atom. The highest BCUT2D eigenvalue weighted by Gasteiger charge is 2.26. The summed E-state index contributed by atoms with van der Waals surface area (Å²) in [5.41, 5.74) is -2.36. The molecule has 0 unspecified atom stereocenters. The van der Waals surface area contributed by atoms with Gasteiger partial charge in [0.05, 0.1) is 7.11 Å². The van der Waals surface area contributed by atoms with Crippen LogP contribution in [-0.4, -0.2) is 14.4 Å². The molecule has 0 saturated carbocycles. The van der Waals surface area contributed by atoms with Gasteiger partial charge in [0, 0.05) is 17.6 Å². The van der Waals surface area contributed by atoms with Gasteiger partial charge in [-0.3, -0.25) is 0 Å². The van der Waals surface area contributed by atoms with Gasteiger partial charge in [-0.1, -0.05) is 0 Å². The van der Waals surface area contributed by atoms with E-state index in [1.165, 1.54) is 0 Å². The van der Waals surface area contributed by atoms with Gasteiger partial charge in [-0.25, -0.2) is 30.7 Å². The number of methoxy groups -OCH3 is 1. The molecule has 0 bridgehead atoms. The van der Waals surface area contributed by atoms with Crippen molar-refractivity contribution in [3.63, 3.8) is 0 Å². The Hall–Kier alpha value is -2.19. The van der Waals surface area contributed by atoms with Crippen LogP contribution >= 0.6 is 0 Å². The molecule has 1 radical (unpaired) electrons. The Balaban J connectivity index is 2.67. The minimum atomic E-state index is -1.84. The van der Waals surface area contributed by atoms with Gasteiger partial charge in [0.25, 0.3) is 0 Å². The quantitative estimate of drug-likeness (QED) is 0.479. The lowest BCUT2D eigenvalue weighted by Gasteiger charge is -2.12. The molecule has 2 aromatic rings. The molecule has 0 fully saturated rings. The van der Waals surface area contributed by atoms with E-state index in [2.05, 4.69) is 4.74 Å². The highest BCUT2D eigenvalue weighted by molar-refractivity contribution is 6.68. The lowest BCUT2D eigenvalue weighted by Crippen LogP contribution is -2.37. The predicted octanol–water partition coefficient (Wildman–Crippen LogP) is 2.32. The van der Waals surface area contributed by atoms with Crippen LogP contribution in [0.5, 0.6) is 5.75 Å². The van der Waals surface area contributed by atoms with E-state index in [-0.39, 0.29) is 19.4 Å². The largest absolute Gasteiger partial charge is 0.494 e. The summed E-state index contributed by atoms with van der Waals surface area (Å²) in [6, 6.07) is 0.103. The molecule has 0 heterocycles. The minimum Gasteiger partial charge on any atom is -0.494 e. The summed E-state index contributed by atoms with van der Waals surface area (Å²) in [7, 11) is 1.11. The van der Waals surface area contributed by atoms with E-state index < -0.39 is 57.4 Å². The van der Waals surface area contributed by atoms with E-state index in [0.717, 1.165) is 7.11 Å². The maximum absolute atomic E-state index is 13.7. The van der Waals surface area contributed by atoms with Gasteiger partial charge in [0.2, 0.25) is 7.28 Å². The monoisotopic (exact) mass is 321 g/mol. The molecular weight excluding hydrogens is 316 g/mol. The van der Waals surface area contributed by atoms with Crippen molar-refractivity contribution in [2.24, 2.45) is 0 Å². The summed E-state index contributed by atoms with van der Waals surface area (Å²) in [6.45, 7) is 0. The molecule has 2 aromatic carbocycles. The first kappa shape index (κ1) is 16.2. The van der Waals surface area contributed by atoms with Gasteiger partial charge in [0.15, 0.2) is 46.5 Å². The van der Waals surface area contributed by atoms with E-state index in [1.807, 2.05) is 0 Å². The Morgan fingerprint density at radius 3 is 1.55 bits per heavy atom. The van der Waals surface area contributed by atoms with Gasteiger partial charge < -0.3 is 4.74 Å². The second kappa shape index (κ2) is 5.90. The van der Waals surface area contributed by atoms with Crippen molar-refractivity contribution >= 4 is 18.2 Å². The zero-order chi connectivity index (χ0) is 16.6. The van der Waals surface area contributed by atoms with Crippen LogP contribution in [0.2, 0.25) is 0 Å². The van der Waals surface area contributed by atoms with Crippen LogP contribution in [0.1, 0.15) is 0 Å². The van der Waals surface area contributed by atoms with Crippen LogP contribution in [-0.2, 0) is 0 Å². The summed E-state index contributed by atoms with van der Waals surface area (Å²) in [4.78, 5) is 0. The van der Waals surface area contributed by atoms with Crippen molar-refractivity contribution in [1.82, 2.24) is 0 Å². The van der Waals surface area contributed by atoms with Crippen LogP contribution in [0, 0.1) is 40.7 Å². The second-order valence-electron chi connectivity index (χ2n) is 4.13. The number of rotatable bonds is 3. The minimum absolute atomic E-state index is 0.0538. The number of hydrogen-bond donors (Lipinski definition) is 0. The number of benzene rings is 2. The Kier molecular flexibility index (Phi) is 4.34. The molecule has 0 N–H and O–H groups in total. The normalized spacial score (nSPS) is 10.7. The molecule has 0 aliphatic carbocycles. The maximum atomic E-state index is 13.7. The molecule has 0 aliphatic heterocycles. The summed E-state index contributed by atoms with van der Waals surface area (Å²) >= 11 is 0. The third kappa shape index (κ3) is 2.62. The summed E-state index contributed by atoms with van der Waals surface area (Å²) in [5, 5.41) is 0. The summed E-state index contributed by atoms with van der Waals surface area (Å²) < 4.78 is 98.1. The van der Waals surface area contributed by atoms with E-state index in [0.29, 0.717) is 0 Å². The SMILES string of the molecule is COc1c(F)cc(F)c(F)c1[B]c1c(F)c(F)cc(F)c1F. The fourth-order valence-electron chi connectivity index (χ4n) is 1.80. The fourth-order valence-corrected chi connectivity index (χ4v) is 1.80. The first-order valence-electron chi connectivity index (χ1n) is 5.67. The average Bonchev–Trinajstić information content (AvgIpc) is 2.46. The third-order valence-corrected chi connectivity index (χ3v) is 2.80. The van der Waals surface area contributed by atoms with Gasteiger partial charge in [-0.2, -0.15) is 0 Å². The van der Waals surface area contributed by atoms with Gasteiger partial charge in [-0.05, 0) is 5.46 Å². The Morgan fingerprint density at radius 1 is 0.682 bits per heavy atom. The molecule has 0 saturated heterocycles. The lowest BCUT2D eigenvalue weighted by atomic mass is 9.62. The number of hydrogen-bond acceptors (Lipinski definition) is 1. The highest BCUT2D eigenvalue weighted by atomic mass is 19.2. The van der Waals surface area contributed by atoms with E-state index >= 15 is 0 Å². The lowest BCUT2D eigenvalue weighted by molar-refractivity contribution is 0.381. The average molecular weight is 321 g/mol. The molecule has 0 aliphatic rings. The fraction of sp³-hybridized carbons (Fsp3) is 0.0769. The first-order chi connectivity index (χ1) is 10.3. The first-order valence-corrected chi connectivity index (χ1v) is 5.67. The van der Waals surface area contributed by atoms with Crippen molar-refractivity contribution in [3.8, 4) is 5.75 Å². The standard InChI is InChI=1S/C13H5BF7O/c1-22-13-7(18)3-6(17)12(21)9(13)14-8-10(19)4(15)2-5(16)11(8)20/h2-3H,1H3.